The molecule has 3 heterocycles. The van der Waals surface area contributed by atoms with Gasteiger partial charge in [-0.05, 0) is 19.1 Å². The number of para-hydroxylation sites is 2. The highest BCUT2D eigenvalue weighted by Crippen LogP contribution is 2.44. The number of nitrogens with zero attached hydrogens (tertiary/aromatic N) is 2. The smallest absolute Gasteiger partial charge is 0.260 e. The molecule has 0 fully saturated rings. The summed E-state index contributed by atoms with van der Waals surface area (Å²) in [5, 5.41) is 0. The monoisotopic (exact) mass is 444 g/mol. The lowest BCUT2D eigenvalue weighted by Gasteiger charge is -2.25. The SMILES string of the molecule is CCn1c(=NC(=O)C2c3ccccc3Oc3ccccc32)sc2cc3c(cc21)OCCO3. The molecule has 1 aromatic heterocycles. The Morgan fingerprint density at radius 2 is 1.59 bits per heavy atom. The second kappa shape index (κ2) is 7.53. The van der Waals surface area contributed by atoms with E-state index >= 15 is 0 Å². The normalized spacial score (nSPS) is 15.2. The first-order chi connectivity index (χ1) is 15.7. The van der Waals surface area contributed by atoms with E-state index in [1.165, 1.54) is 11.3 Å². The fraction of sp³-hybridized carbons (Fsp3) is 0.200. The third kappa shape index (κ3) is 3.00. The minimum atomic E-state index is -0.508. The van der Waals surface area contributed by atoms with Gasteiger partial charge >= 0.3 is 0 Å². The van der Waals surface area contributed by atoms with E-state index in [1.807, 2.05) is 72.2 Å². The number of aryl methyl sites for hydroxylation is 1. The van der Waals surface area contributed by atoms with E-state index in [1.54, 1.807) is 0 Å². The van der Waals surface area contributed by atoms with Crippen LogP contribution in [0.1, 0.15) is 24.0 Å². The topological polar surface area (TPSA) is 62.1 Å². The van der Waals surface area contributed by atoms with E-state index in [0.29, 0.717) is 36.1 Å². The summed E-state index contributed by atoms with van der Waals surface area (Å²) < 4.78 is 20.6. The van der Waals surface area contributed by atoms with Crippen molar-refractivity contribution in [2.45, 2.75) is 19.4 Å². The van der Waals surface area contributed by atoms with Crippen molar-refractivity contribution in [3.8, 4) is 23.0 Å². The maximum absolute atomic E-state index is 13.6. The van der Waals surface area contributed by atoms with Gasteiger partial charge in [0.1, 0.15) is 24.7 Å². The number of aromatic nitrogens is 1. The zero-order valence-electron chi connectivity index (χ0n) is 17.4. The molecule has 0 saturated heterocycles. The molecule has 0 saturated carbocycles. The van der Waals surface area contributed by atoms with E-state index in [9.17, 15) is 4.79 Å². The molecule has 6 nitrogen and oxygen atoms in total. The van der Waals surface area contributed by atoms with Crippen molar-refractivity contribution in [1.82, 2.24) is 4.57 Å². The third-order valence-electron chi connectivity index (χ3n) is 5.80. The zero-order chi connectivity index (χ0) is 21.7. The molecule has 6 rings (SSSR count). The molecule has 4 aromatic rings. The predicted octanol–water partition coefficient (Wildman–Crippen LogP) is 4.86. The van der Waals surface area contributed by atoms with Crippen LogP contribution in [0.25, 0.3) is 10.2 Å². The van der Waals surface area contributed by atoms with E-state index in [2.05, 4.69) is 4.99 Å². The summed E-state index contributed by atoms with van der Waals surface area (Å²) in [5.41, 5.74) is 2.66. The second-order valence-corrected chi connectivity index (χ2v) is 8.66. The second-order valence-electron chi connectivity index (χ2n) is 7.65. The van der Waals surface area contributed by atoms with Crippen molar-refractivity contribution in [3.05, 3.63) is 76.6 Å². The lowest BCUT2D eigenvalue weighted by atomic mass is 9.87. The highest BCUT2D eigenvalue weighted by molar-refractivity contribution is 7.16. The number of hydrogen-bond acceptors (Lipinski definition) is 5. The summed E-state index contributed by atoms with van der Waals surface area (Å²) in [5.74, 6) is 2.14. The molecular formula is C25H20N2O4S. The van der Waals surface area contributed by atoms with Gasteiger partial charge in [-0.25, -0.2) is 0 Å². The van der Waals surface area contributed by atoms with Crippen LogP contribution in [0, 0.1) is 0 Å². The Balaban J connectivity index is 1.50. The van der Waals surface area contributed by atoms with Gasteiger partial charge in [0.05, 0.1) is 16.1 Å². The van der Waals surface area contributed by atoms with Crippen molar-refractivity contribution >= 4 is 27.5 Å². The minimum Gasteiger partial charge on any atom is -0.486 e. The molecule has 0 unspecified atom stereocenters. The van der Waals surface area contributed by atoms with Crippen molar-refractivity contribution in [2.24, 2.45) is 4.99 Å². The van der Waals surface area contributed by atoms with Crippen LogP contribution in [0.3, 0.4) is 0 Å². The van der Waals surface area contributed by atoms with Crippen LogP contribution >= 0.6 is 11.3 Å². The molecule has 2 aliphatic rings. The highest BCUT2D eigenvalue weighted by atomic mass is 32.1. The number of ether oxygens (including phenoxy) is 3. The highest BCUT2D eigenvalue weighted by Gasteiger charge is 2.32. The maximum Gasteiger partial charge on any atom is 0.260 e. The Morgan fingerprint density at radius 1 is 0.969 bits per heavy atom. The van der Waals surface area contributed by atoms with Crippen molar-refractivity contribution in [2.75, 3.05) is 13.2 Å². The number of amides is 1. The van der Waals surface area contributed by atoms with E-state index in [0.717, 1.165) is 32.8 Å². The van der Waals surface area contributed by atoms with Gasteiger partial charge in [-0.15, -0.1) is 0 Å². The molecule has 1 amide bonds. The Morgan fingerprint density at radius 3 is 2.25 bits per heavy atom. The first kappa shape index (κ1) is 19.1. The number of thiazole rings is 1. The number of hydrogen-bond donors (Lipinski definition) is 0. The average molecular weight is 445 g/mol. The van der Waals surface area contributed by atoms with Crippen LogP contribution in [0.5, 0.6) is 23.0 Å². The predicted molar refractivity (Wildman–Crippen MR) is 122 cm³/mol. The molecule has 32 heavy (non-hydrogen) atoms. The van der Waals surface area contributed by atoms with E-state index in [-0.39, 0.29) is 5.91 Å². The van der Waals surface area contributed by atoms with Crippen LogP contribution in [0.4, 0.5) is 0 Å². The number of fused-ring (bicyclic) bond motifs is 4. The summed E-state index contributed by atoms with van der Waals surface area (Å²) in [7, 11) is 0. The first-order valence-electron chi connectivity index (χ1n) is 10.6. The van der Waals surface area contributed by atoms with Gasteiger partial charge in [0.15, 0.2) is 16.3 Å². The summed E-state index contributed by atoms with van der Waals surface area (Å²) >= 11 is 1.48. The van der Waals surface area contributed by atoms with Crippen LogP contribution in [-0.4, -0.2) is 23.7 Å². The van der Waals surface area contributed by atoms with Crippen LogP contribution < -0.4 is 19.0 Å². The van der Waals surface area contributed by atoms with Crippen molar-refractivity contribution in [1.29, 1.82) is 0 Å². The lowest BCUT2D eigenvalue weighted by molar-refractivity contribution is -0.118. The molecule has 0 atom stereocenters. The van der Waals surface area contributed by atoms with Gasteiger partial charge in [0, 0.05) is 29.8 Å². The van der Waals surface area contributed by atoms with E-state index < -0.39 is 5.92 Å². The third-order valence-corrected chi connectivity index (χ3v) is 6.84. The Bertz CT molecular complexity index is 1390. The quantitative estimate of drug-likeness (QED) is 0.443. The van der Waals surface area contributed by atoms with Gasteiger partial charge in [0.25, 0.3) is 5.91 Å². The molecule has 0 bridgehead atoms. The van der Waals surface area contributed by atoms with Crippen LogP contribution in [0.15, 0.2) is 65.7 Å². The maximum atomic E-state index is 13.6. The fourth-order valence-electron chi connectivity index (χ4n) is 4.33. The molecule has 7 heteroatoms. The number of carbonyl (C=O) groups is 1. The molecule has 2 aliphatic heterocycles. The van der Waals surface area contributed by atoms with Gasteiger partial charge in [-0.1, -0.05) is 47.7 Å². The summed E-state index contributed by atoms with van der Waals surface area (Å²) in [6, 6.07) is 19.3. The molecule has 0 radical (unpaired) electrons. The molecule has 0 N–H and O–H groups in total. The lowest BCUT2D eigenvalue weighted by Crippen LogP contribution is -2.22. The molecule has 0 spiro atoms. The van der Waals surface area contributed by atoms with E-state index in [4.69, 9.17) is 14.2 Å². The summed E-state index contributed by atoms with van der Waals surface area (Å²) in [4.78, 5) is 18.9. The molecule has 160 valence electrons. The molecular weight excluding hydrogens is 424 g/mol. The van der Waals surface area contributed by atoms with Crippen molar-refractivity contribution in [3.63, 3.8) is 0 Å². The number of benzene rings is 3. The van der Waals surface area contributed by atoms with Gasteiger partial charge < -0.3 is 18.8 Å². The fourth-order valence-corrected chi connectivity index (χ4v) is 5.44. The minimum absolute atomic E-state index is 0.209. The van der Waals surface area contributed by atoms with Gasteiger partial charge in [-0.3, -0.25) is 4.79 Å². The Labute approximate surface area is 188 Å². The van der Waals surface area contributed by atoms with Crippen LogP contribution in [0.2, 0.25) is 0 Å². The van der Waals surface area contributed by atoms with Crippen molar-refractivity contribution < 1.29 is 19.0 Å². The van der Waals surface area contributed by atoms with Crippen LogP contribution in [-0.2, 0) is 11.3 Å². The average Bonchev–Trinajstić information content (AvgIpc) is 3.16. The zero-order valence-corrected chi connectivity index (χ0v) is 18.2. The Kier molecular flexibility index (Phi) is 4.50. The van der Waals surface area contributed by atoms with Gasteiger partial charge in [0.2, 0.25) is 0 Å². The molecule has 0 aliphatic carbocycles. The first-order valence-corrected chi connectivity index (χ1v) is 11.4. The Hall–Kier alpha value is -3.58. The summed E-state index contributed by atoms with van der Waals surface area (Å²) in [6.07, 6.45) is 0. The number of carbonyl (C=O) groups excluding carboxylic acids is 1. The standard InChI is InChI=1S/C25H20N2O4S/c1-2-27-17-13-20-21(30-12-11-29-20)14-22(17)32-25(27)26-24(28)23-15-7-3-5-9-18(15)31-19-10-6-4-8-16(19)23/h3-10,13-14,23H,2,11-12H2,1H3. The molecule has 3 aromatic carbocycles. The van der Waals surface area contributed by atoms with Gasteiger partial charge in [-0.2, -0.15) is 4.99 Å². The largest absolute Gasteiger partial charge is 0.486 e. The number of rotatable bonds is 2. The summed E-state index contributed by atoms with van der Waals surface area (Å²) in [6.45, 7) is 3.81.